The Balaban J connectivity index is 2.97. The Hall–Kier alpha value is -1.84. The normalized spacial score (nSPS) is 10.6. The predicted octanol–water partition coefficient (Wildman–Crippen LogP) is 0.0392. The van der Waals surface area contributed by atoms with Gasteiger partial charge in [-0.25, -0.2) is 13.6 Å². The first-order valence-corrected chi connectivity index (χ1v) is 6.22. The molecule has 1 aromatic carbocycles. The standard InChI is InChI=1S/C11H12N2O3S/c1-3-8-13(2)11(14)9-4-6-10(7-5-9)17(12,15)16/h1,4-7H,8H2,2H3,(H2,12,15,16). The Labute approximate surface area is 100 Å². The summed E-state index contributed by atoms with van der Waals surface area (Å²) in [6.45, 7) is 0.190. The average molecular weight is 252 g/mol. The molecular weight excluding hydrogens is 240 g/mol. The van der Waals surface area contributed by atoms with Crippen molar-refractivity contribution >= 4 is 15.9 Å². The molecule has 0 aliphatic carbocycles. The molecular formula is C11H12N2O3S. The predicted molar refractivity (Wildman–Crippen MR) is 63.6 cm³/mol. The monoisotopic (exact) mass is 252 g/mol. The van der Waals surface area contributed by atoms with Crippen molar-refractivity contribution in [2.45, 2.75) is 4.90 Å². The third-order valence-corrected chi connectivity index (χ3v) is 3.03. The number of amides is 1. The van der Waals surface area contributed by atoms with E-state index in [9.17, 15) is 13.2 Å². The highest BCUT2D eigenvalue weighted by Crippen LogP contribution is 2.10. The third kappa shape index (κ3) is 3.31. The number of benzene rings is 1. The largest absolute Gasteiger partial charge is 0.331 e. The zero-order chi connectivity index (χ0) is 13.1. The van der Waals surface area contributed by atoms with Crippen molar-refractivity contribution in [2.24, 2.45) is 5.14 Å². The first kappa shape index (κ1) is 13.2. The van der Waals surface area contributed by atoms with Crippen LogP contribution in [0.2, 0.25) is 0 Å². The summed E-state index contributed by atoms with van der Waals surface area (Å²) in [6, 6.07) is 5.36. The molecule has 0 heterocycles. The molecule has 5 nitrogen and oxygen atoms in total. The van der Waals surface area contributed by atoms with Gasteiger partial charge in [0.1, 0.15) is 0 Å². The van der Waals surface area contributed by atoms with Gasteiger partial charge < -0.3 is 4.90 Å². The molecule has 0 fully saturated rings. The first-order valence-electron chi connectivity index (χ1n) is 4.68. The number of carbonyl (C=O) groups excluding carboxylic acids is 1. The van der Waals surface area contributed by atoms with Crippen molar-refractivity contribution in [1.29, 1.82) is 0 Å². The molecule has 0 aliphatic heterocycles. The van der Waals surface area contributed by atoms with Gasteiger partial charge in [0.15, 0.2) is 0 Å². The summed E-state index contributed by atoms with van der Waals surface area (Å²) >= 11 is 0. The molecule has 1 aromatic rings. The Morgan fingerprint density at radius 1 is 1.41 bits per heavy atom. The number of sulfonamides is 1. The van der Waals surface area contributed by atoms with Gasteiger partial charge in [-0.3, -0.25) is 4.79 Å². The first-order chi connectivity index (χ1) is 7.86. The van der Waals surface area contributed by atoms with E-state index in [2.05, 4.69) is 5.92 Å². The zero-order valence-electron chi connectivity index (χ0n) is 9.25. The highest BCUT2D eigenvalue weighted by Gasteiger charge is 2.12. The maximum Gasteiger partial charge on any atom is 0.254 e. The van der Waals surface area contributed by atoms with Crippen molar-refractivity contribution in [2.75, 3.05) is 13.6 Å². The van der Waals surface area contributed by atoms with E-state index in [4.69, 9.17) is 11.6 Å². The van der Waals surface area contributed by atoms with E-state index in [1.54, 1.807) is 7.05 Å². The minimum Gasteiger partial charge on any atom is -0.331 e. The molecule has 0 spiro atoms. The number of primary sulfonamides is 1. The molecule has 90 valence electrons. The van der Waals surface area contributed by atoms with E-state index in [1.165, 1.54) is 29.2 Å². The van der Waals surface area contributed by atoms with Crippen LogP contribution in [0.4, 0.5) is 0 Å². The molecule has 0 aliphatic rings. The summed E-state index contributed by atoms with van der Waals surface area (Å²) in [5.74, 6) is 2.07. The lowest BCUT2D eigenvalue weighted by Gasteiger charge is -2.13. The van der Waals surface area contributed by atoms with E-state index in [0.29, 0.717) is 5.56 Å². The van der Waals surface area contributed by atoms with Crippen LogP contribution in [-0.4, -0.2) is 32.8 Å². The van der Waals surface area contributed by atoms with Crippen LogP contribution in [0.1, 0.15) is 10.4 Å². The van der Waals surface area contributed by atoms with Crippen molar-refractivity contribution in [3.8, 4) is 12.3 Å². The fourth-order valence-corrected chi connectivity index (χ4v) is 1.73. The maximum absolute atomic E-state index is 11.7. The van der Waals surface area contributed by atoms with Crippen LogP contribution in [0, 0.1) is 12.3 Å². The summed E-state index contributed by atoms with van der Waals surface area (Å²) in [5.41, 5.74) is 0.357. The lowest BCUT2D eigenvalue weighted by molar-refractivity contribution is 0.0812. The number of rotatable bonds is 3. The number of hydrogen-bond acceptors (Lipinski definition) is 3. The number of nitrogens with two attached hydrogens (primary N) is 1. The molecule has 0 saturated heterocycles. The minimum absolute atomic E-state index is 0.0337. The van der Waals surface area contributed by atoms with Crippen LogP contribution in [0.25, 0.3) is 0 Å². The van der Waals surface area contributed by atoms with E-state index in [-0.39, 0.29) is 17.3 Å². The van der Waals surface area contributed by atoms with E-state index >= 15 is 0 Å². The van der Waals surface area contributed by atoms with Gasteiger partial charge in [-0.05, 0) is 24.3 Å². The second-order valence-corrected chi connectivity index (χ2v) is 5.00. The molecule has 0 bridgehead atoms. The Kier molecular flexibility index (Phi) is 3.89. The molecule has 17 heavy (non-hydrogen) atoms. The molecule has 0 radical (unpaired) electrons. The summed E-state index contributed by atoms with van der Waals surface area (Å²) in [5, 5.41) is 4.94. The quantitative estimate of drug-likeness (QED) is 0.771. The van der Waals surface area contributed by atoms with E-state index in [1.807, 2.05) is 0 Å². The minimum atomic E-state index is -3.73. The van der Waals surface area contributed by atoms with Crippen LogP contribution >= 0.6 is 0 Å². The van der Waals surface area contributed by atoms with Crippen LogP contribution in [0.15, 0.2) is 29.2 Å². The van der Waals surface area contributed by atoms with Crippen LogP contribution in [-0.2, 0) is 10.0 Å². The number of terminal acetylenes is 1. The molecule has 1 amide bonds. The van der Waals surface area contributed by atoms with Crippen molar-refractivity contribution in [3.63, 3.8) is 0 Å². The fourth-order valence-electron chi connectivity index (χ4n) is 1.22. The third-order valence-electron chi connectivity index (χ3n) is 2.10. The fraction of sp³-hybridized carbons (Fsp3) is 0.182. The zero-order valence-corrected chi connectivity index (χ0v) is 10.1. The second-order valence-electron chi connectivity index (χ2n) is 3.43. The Bertz CT molecular complexity index is 555. The molecule has 0 unspecified atom stereocenters. The maximum atomic E-state index is 11.7. The van der Waals surface area contributed by atoms with Gasteiger partial charge in [0.05, 0.1) is 11.4 Å². The molecule has 1 rings (SSSR count). The molecule has 0 saturated carbocycles. The van der Waals surface area contributed by atoms with Crippen molar-refractivity contribution in [1.82, 2.24) is 4.90 Å². The highest BCUT2D eigenvalue weighted by molar-refractivity contribution is 7.89. The number of carbonyl (C=O) groups is 1. The average Bonchev–Trinajstić information content (AvgIpc) is 2.27. The highest BCUT2D eigenvalue weighted by atomic mass is 32.2. The number of hydrogen-bond donors (Lipinski definition) is 1. The molecule has 0 aromatic heterocycles. The van der Waals surface area contributed by atoms with Gasteiger partial charge in [-0.1, -0.05) is 5.92 Å². The molecule has 0 atom stereocenters. The SMILES string of the molecule is C#CCN(C)C(=O)c1ccc(S(N)(=O)=O)cc1. The Morgan fingerprint density at radius 3 is 2.35 bits per heavy atom. The lowest BCUT2D eigenvalue weighted by atomic mass is 10.2. The summed E-state index contributed by atoms with van der Waals surface area (Å²) in [6.07, 6.45) is 5.09. The van der Waals surface area contributed by atoms with E-state index in [0.717, 1.165) is 0 Å². The Morgan fingerprint density at radius 2 is 1.94 bits per heavy atom. The van der Waals surface area contributed by atoms with E-state index < -0.39 is 10.0 Å². The second kappa shape index (κ2) is 4.99. The van der Waals surface area contributed by atoms with Gasteiger partial charge in [-0.15, -0.1) is 6.42 Å². The van der Waals surface area contributed by atoms with Gasteiger partial charge in [0.25, 0.3) is 5.91 Å². The summed E-state index contributed by atoms with van der Waals surface area (Å²) in [4.78, 5) is 13.1. The van der Waals surface area contributed by atoms with Gasteiger partial charge in [0, 0.05) is 12.6 Å². The van der Waals surface area contributed by atoms with Crippen LogP contribution in [0.5, 0.6) is 0 Å². The van der Waals surface area contributed by atoms with Gasteiger partial charge in [0.2, 0.25) is 10.0 Å². The van der Waals surface area contributed by atoms with Crippen LogP contribution < -0.4 is 5.14 Å². The molecule has 2 N–H and O–H groups in total. The van der Waals surface area contributed by atoms with Crippen molar-refractivity contribution < 1.29 is 13.2 Å². The lowest BCUT2D eigenvalue weighted by Crippen LogP contribution is -2.27. The van der Waals surface area contributed by atoms with Crippen LogP contribution in [0.3, 0.4) is 0 Å². The summed E-state index contributed by atoms with van der Waals surface area (Å²) < 4.78 is 22.0. The van der Waals surface area contributed by atoms with Gasteiger partial charge in [-0.2, -0.15) is 0 Å². The molecule has 6 heteroatoms. The smallest absolute Gasteiger partial charge is 0.254 e. The van der Waals surface area contributed by atoms with Crippen molar-refractivity contribution in [3.05, 3.63) is 29.8 Å². The number of nitrogens with zero attached hydrogens (tertiary/aromatic N) is 1. The topological polar surface area (TPSA) is 80.5 Å². The summed E-state index contributed by atoms with van der Waals surface area (Å²) in [7, 11) is -2.17. The van der Waals surface area contributed by atoms with Gasteiger partial charge >= 0.3 is 0 Å².